The molecule has 0 aliphatic carbocycles. The van der Waals surface area contributed by atoms with Crippen LogP contribution in [-0.2, 0) is 0 Å². The molecule has 17 heavy (non-hydrogen) atoms. The van der Waals surface area contributed by atoms with Gasteiger partial charge in [0, 0.05) is 25.2 Å². The molecule has 0 saturated carbocycles. The van der Waals surface area contributed by atoms with E-state index in [-0.39, 0.29) is 11.9 Å². The number of nitrogens with zero attached hydrogens (tertiary/aromatic N) is 1. The van der Waals surface area contributed by atoms with Crippen molar-refractivity contribution in [1.82, 2.24) is 4.90 Å². The van der Waals surface area contributed by atoms with E-state index in [0.29, 0.717) is 12.0 Å². The quantitative estimate of drug-likeness (QED) is 0.855. The molecule has 0 spiro atoms. The van der Waals surface area contributed by atoms with Crippen LogP contribution in [0.25, 0.3) is 0 Å². The molecule has 1 aromatic rings. The number of rotatable bonds is 2. The van der Waals surface area contributed by atoms with Crippen LogP contribution in [0.4, 0.5) is 4.39 Å². The Balaban J connectivity index is 2.07. The smallest absolute Gasteiger partial charge is 0.123 e. The van der Waals surface area contributed by atoms with Crippen molar-refractivity contribution in [2.24, 2.45) is 11.7 Å². The van der Waals surface area contributed by atoms with Crippen LogP contribution in [0.2, 0.25) is 0 Å². The van der Waals surface area contributed by atoms with Crippen molar-refractivity contribution in [2.45, 2.75) is 32.4 Å². The predicted octanol–water partition coefficient (Wildman–Crippen LogP) is 2.56. The molecule has 0 radical (unpaired) electrons. The van der Waals surface area contributed by atoms with Gasteiger partial charge in [-0.25, -0.2) is 4.39 Å². The molecule has 1 saturated heterocycles. The zero-order valence-corrected chi connectivity index (χ0v) is 10.6. The molecular weight excluding hydrogens is 215 g/mol. The highest BCUT2D eigenvalue weighted by atomic mass is 19.1. The Morgan fingerprint density at radius 1 is 1.47 bits per heavy atom. The molecule has 0 amide bonds. The van der Waals surface area contributed by atoms with Gasteiger partial charge in [0.05, 0.1) is 0 Å². The van der Waals surface area contributed by atoms with Crippen molar-refractivity contribution in [3.05, 3.63) is 35.6 Å². The highest BCUT2D eigenvalue weighted by molar-refractivity contribution is 5.19. The summed E-state index contributed by atoms with van der Waals surface area (Å²) in [4.78, 5) is 2.39. The van der Waals surface area contributed by atoms with E-state index in [0.717, 1.165) is 25.1 Å². The van der Waals surface area contributed by atoms with Crippen molar-refractivity contribution >= 4 is 0 Å². The van der Waals surface area contributed by atoms with Gasteiger partial charge in [0.25, 0.3) is 0 Å². The number of hydrogen-bond donors (Lipinski definition) is 1. The largest absolute Gasteiger partial charge is 0.327 e. The van der Waals surface area contributed by atoms with Crippen LogP contribution in [0.5, 0.6) is 0 Å². The Morgan fingerprint density at radius 2 is 2.24 bits per heavy atom. The molecule has 94 valence electrons. The van der Waals surface area contributed by atoms with Crippen molar-refractivity contribution in [2.75, 3.05) is 13.1 Å². The van der Waals surface area contributed by atoms with Crippen molar-refractivity contribution < 1.29 is 4.39 Å². The highest BCUT2D eigenvalue weighted by Crippen LogP contribution is 2.26. The summed E-state index contributed by atoms with van der Waals surface area (Å²) < 4.78 is 13.2. The maximum atomic E-state index is 13.2. The summed E-state index contributed by atoms with van der Waals surface area (Å²) in [5.74, 6) is 0.357. The first-order chi connectivity index (χ1) is 8.08. The molecule has 1 heterocycles. The Morgan fingerprint density at radius 3 is 2.88 bits per heavy atom. The summed E-state index contributed by atoms with van der Waals surface area (Å²) in [7, 11) is 0. The second kappa shape index (κ2) is 5.15. The van der Waals surface area contributed by atoms with Gasteiger partial charge in [-0.2, -0.15) is 0 Å². The van der Waals surface area contributed by atoms with Crippen molar-refractivity contribution in [3.63, 3.8) is 0 Å². The topological polar surface area (TPSA) is 29.3 Å². The predicted molar refractivity (Wildman–Crippen MR) is 68.1 cm³/mol. The lowest BCUT2D eigenvalue weighted by atomic mass is 9.92. The molecule has 1 aliphatic rings. The first-order valence-corrected chi connectivity index (χ1v) is 6.33. The zero-order valence-electron chi connectivity index (χ0n) is 10.6. The van der Waals surface area contributed by atoms with Crippen molar-refractivity contribution in [1.29, 1.82) is 0 Å². The fraction of sp³-hybridized carbons (Fsp3) is 0.571. The highest BCUT2D eigenvalue weighted by Gasteiger charge is 2.26. The van der Waals surface area contributed by atoms with Gasteiger partial charge in [0.2, 0.25) is 0 Å². The van der Waals surface area contributed by atoms with Crippen LogP contribution in [0, 0.1) is 11.7 Å². The van der Waals surface area contributed by atoms with E-state index in [4.69, 9.17) is 5.73 Å². The van der Waals surface area contributed by atoms with E-state index in [2.05, 4.69) is 18.7 Å². The van der Waals surface area contributed by atoms with E-state index in [9.17, 15) is 4.39 Å². The van der Waals surface area contributed by atoms with Crippen LogP contribution < -0.4 is 5.73 Å². The second-order valence-corrected chi connectivity index (χ2v) is 5.16. The summed E-state index contributed by atoms with van der Waals surface area (Å²) in [6, 6.07) is 7.47. The molecular formula is C14H21FN2. The summed E-state index contributed by atoms with van der Waals surface area (Å²) in [5, 5.41) is 0. The van der Waals surface area contributed by atoms with Crippen LogP contribution >= 0.6 is 0 Å². The third kappa shape index (κ3) is 2.85. The van der Waals surface area contributed by atoms with Gasteiger partial charge in [-0.3, -0.25) is 4.90 Å². The molecule has 1 aromatic carbocycles. The number of nitrogens with two attached hydrogens (primary N) is 1. The Labute approximate surface area is 103 Å². The van der Waals surface area contributed by atoms with E-state index in [1.165, 1.54) is 6.07 Å². The Kier molecular flexibility index (Phi) is 3.79. The molecule has 0 bridgehead atoms. The van der Waals surface area contributed by atoms with Gasteiger partial charge in [-0.05, 0) is 37.0 Å². The van der Waals surface area contributed by atoms with Gasteiger partial charge in [-0.1, -0.05) is 19.1 Å². The lowest BCUT2D eigenvalue weighted by molar-refractivity contribution is 0.124. The summed E-state index contributed by atoms with van der Waals surface area (Å²) >= 11 is 0. The first-order valence-electron chi connectivity index (χ1n) is 6.33. The Hall–Kier alpha value is -0.930. The lowest BCUT2D eigenvalue weighted by Gasteiger charge is -2.38. The minimum atomic E-state index is -0.156. The fourth-order valence-corrected chi connectivity index (χ4v) is 2.53. The Bertz CT molecular complexity index is 380. The van der Waals surface area contributed by atoms with E-state index in [1.54, 1.807) is 12.1 Å². The van der Waals surface area contributed by atoms with Gasteiger partial charge >= 0.3 is 0 Å². The molecule has 1 fully saturated rings. The molecule has 3 unspecified atom stereocenters. The van der Waals surface area contributed by atoms with Gasteiger partial charge in [-0.15, -0.1) is 0 Å². The van der Waals surface area contributed by atoms with Crippen LogP contribution in [-0.4, -0.2) is 24.0 Å². The lowest BCUT2D eigenvalue weighted by Crippen LogP contribution is -2.46. The molecule has 3 heteroatoms. The molecule has 2 rings (SSSR count). The zero-order chi connectivity index (χ0) is 12.4. The average molecular weight is 236 g/mol. The monoisotopic (exact) mass is 236 g/mol. The molecule has 2 N–H and O–H groups in total. The van der Waals surface area contributed by atoms with E-state index in [1.807, 2.05) is 6.07 Å². The van der Waals surface area contributed by atoms with Crippen LogP contribution in [0.15, 0.2) is 24.3 Å². The summed E-state index contributed by atoms with van der Waals surface area (Å²) in [5.41, 5.74) is 7.07. The number of likely N-dealkylation sites (tertiary alicyclic amines) is 1. The number of piperidine rings is 1. The molecule has 2 nitrogen and oxygen atoms in total. The minimum Gasteiger partial charge on any atom is -0.327 e. The maximum absolute atomic E-state index is 13.2. The minimum absolute atomic E-state index is 0.156. The average Bonchev–Trinajstić information content (AvgIpc) is 2.32. The van der Waals surface area contributed by atoms with E-state index >= 15 is 0 Å². The van der Waals surface area contributed by atoms with Crippen LogP contribution in [0.1, 0.15) is 31.9 Å². The maximum Gasteiger partial charge on any atom is 0.123 e. The standard InChI is InChI=1S/C14H21FN2/c1-10-9-17(7-6-14(10)16)11(2)12-4-3-5-13(15)8-12/h3-5,8,10-11,14H,6-7,9,16H2,1-2H3. The number of hydrogen-bond acceptors (Lipinski definition) is 2. The van der Waals surface area contributed by atoms with Gasteiger partial charge < -0.3 is 5.73 Å². The summed E-state index contributed by atoms with van der Waals surface area (Å²) in [6.45, 7) is 6.33. The molecule has 3 atom stereocenters. The van der Waals surface area contributed by atoms with E-state index < -0.39 is 0 Å². The third-order valence-electron chi connectivity index (χ3n) is 3.88. The number of halogens is 1. The normalized spacial score (nSPS) is 28.0. The summed E-state index contributed by atoms with van der Waals surface area (Å²) in [6.07, 6.45) is 1.03. The second-order valence-electron chi connectivity index (χ2n) is 5.16. The fourth-order valence-electron chi connectivity index (χ4n) is 2.53. The third-order valence-corrected chi connectivity index (χ3v) is 3.88. The van der Waals surface area contributed by atoms with Gasteiger partial charge in [0.1, 0.15) is 5.82 Å². The van der Waals surface area contributed by atoms with Gasteiger partial charge in [0.15, 0.2) is 0 Å². The van der Waals surface area contributed by atoms with Crippen molar-refractivity contribution in [3.8, 4) is 0 Å². The van der Waals surface area contributed by atoms with Crippen LogP contribution in [0.3, 0.4) is 0 Å². The SMILES string of the molecule is CC1CN(C(C)c2cccc(F)c2)CCC1N. The first kappa shape index (κ1) is 12.5. The molecule has 1 aliphatic heterocycles. The molecule has 0 aromatic heterocycles. The number of benzene rings is 1.